The molecule has 8 rings (SSSR count). The first kappa shape index (κ1) is 41.2. The van der Waals surface area contributed by atoms with Crippen LogP contribution in [0, 0.1) is 10.1 Å². The summed E-state index contributed by atoms with van der Waals surface area (Å²) in [5, 5.41) is 20.9. The SMILES string of the molecule is O=C(NS(=O)(=O)c1ccc(N[C@H](CCN2CCOCC2)CSc2ccccc2)c([N+](=O)[O-])c1)c1csc(N2CCc3cccc(C(=O)Nc4nc5cnccc5s4)c3C2)n1. The Morgan fingerprint density at radius 1 is 1.00 bits per heavy atom. The summed E-state index contributed by atoms with van der Waals surface area (Å²) in [6.07, 6.45) is 4.61. The van der Waals surface area contributed by atoms with Gasteiger partial charge in [0.1, 0.15) is 16.9 Å². The summed E-state index contributed by atoms with van der Waals surface area (Å²) in [4.78, 5) is 56.4. The molecular formula is C40H39N9O7S4. The number of benzene rings is 3. The fourth-order valence-electron chi connectivity index (χ4n) is 6.95. The zero-order chi connectivity index (χ0) is 41.6. The van der Waals surface area contributed by atoms with Crippen LogP contribution in [0.2, 0.25) is 0 Å². The average molecular weight is 886 g/mol. The molecule has 0 saturated carbocycles. The highest BCUT2D eigenvalue weighted by Gasteiger charge is 2.28. The van der Waals surface area contributed by atoms with Gasteiger partial charge in [-0.15, -0.1) is 23.1 Å². The van der Waals surface area contributed by atoms with E-state index in [1.165, 1.54) is 40.2 Å². The van der Waals surface area contributed by atoms with Gasteiger partial charge in [-0.1, -0.05) is 41.7 Å². The fraction of sp³-hybridized carbons (Fsp3) is 0.275. The van der Waals surface area contributed by atoms with Gasteiger partial charge in [0.05, 0.1) is 33.9 Å². The van der Waals surface area contributed by atoms with E-state index in [1.54, 1.807) is 30.2 Å². The summed E-state index contributed by atoms with van der Waals surface area (Å²) in [6, 6.07) is 20.6. The molecular weight excluding hydrogens is 847 g/mol. The van der Waals surface area contributed by atoms with E-state index in [0.717, 1.165) is 46.4 Å². The van der Waals surface area contributed by atoms with Gasteiger partial charge in [-0.05, 0) is 60.4 Å². The van der Waals surface area contributed by atoms with Crippen LogP contribution in [0.25, 0.3) is 10.2 Å². The van der Waals surface area contributed by atoms with Crippen molar-refractivity contribution in [1.29, 1.82) is 0 Å². The number of pyridine rings is 1. The van der Waals surface area contributed by atoms with Gasteiger partial charge < -0.3 is 15.0 Å². The highest BCUT2D eigenvalue weighted by atomic mass is 32.2. The van der Waals surface area contributed by atoms with Gasteiger partial charge in [0, 0.05) is 72.6 Å². The lowest BCUT2D eigenvalue weighted by Gasteiger charge is -2.29. The number of aromatic nitrogens is 3. The second kappa shape index (κ2) is 18.4. The summed E-state index contributed by atoms with van der Waals surface area (Å²) in [7, 11) is -4.54. The number of thiazole rings is 2. The Labute approximate surface area is 357 Å². The van der Waals surface area contributed by atoms with Gasteiger partial charge in [0.15, 0.2) is 10.3 Å². The van der Waals surface area contributed by atoms with Crippen molar-refractivity contribution in [1.82, 2.24) is 24.6 Å². The van der Waals surface area contributed by atoms with Gasteiger partial charge >= 0.3 is 0 Å². The smallest absolute Gasteiger partial charge is 0.293 e. The number of nitro benzene ring substituents is 1. The van der Waals surface area contributed by atoms with Crippen molar-refractivity contribution in [2.45, 2.75) is 35.2 Å². The number of sulfonamides is 1. The molecule has 0 spiro atoms. The molecule has 20 heteroatoms. The molecule has 1 atom stereocenters. The molecule has 1 saturated heterocycles. The number of hydrogen-bond donors (Lipinski definition) is 3. The summed E-state index contributed by atoms with van der Waals surface area (Å²) < 4.78 is 35.4. The first-order valence-electron chi connectivity index (χ1n) is 19.0. The van der Waals surface area contributed by atoms with Crippen LogP contribution in [0.15, 0.2) is 100 Å². The first-order chi connectivity index (χ1) is 29.1. The number of fused-ring (bicyclic) bond motifs is 2. The monoisotopic (exact) mass is 885 g/mol. The van der Waals surface area contributed by atoms with Crippen LogP contribution in [0.4, 0.5) is 21.6 Å². The van der Waals surface area contributed by atoms with Crippen LogP contribution < -0.4 is 20.3 Å². The minimum atomic E-state index is -4.54. The zero-order valence-electron chi connectivity index (χ0n) is 32.0. The molecule has 0 radical (unpaired) electrons. The lowest BCUT2D eigenvalue weighted by atomic mass is 9.94. The molecule has 0 unspecified atom stereocenters. The van der Waals surface area contributed by atoms with Crippen LogP contribution in [0.3, 0.4) is 0 Å². The summed E-state index contributed by atoms with van der Waals surface area (Å²) >= 11 is 4.14. The Kier molecular flexibility index (Phi) is 12.6. The zero-order valence-corrected chi connectivity index (χ0v) is 35.2. The number of carbonyl (C=O) groups excluding carboxylic acids is 2. The molecule has 5 heterocycles. The molecule has 60 heavy (non-hydrogen) atoms. The number of thioether (sulfide) groups is 1. The van der Waals surface area contributed by atoms with Gasteiger partial charge in [-0.2, -0.15) is 0 Å². The van der Waals surface area contributed by atoms with Crippen LogP contribution in [-0.4, -0.2) is 96.2 Å². The molecule has 0 bridgehead atoms. The second-order valence-electron chi connectivity index (χ2n) is 14.0. The normalized spacial score (nSPS) is 15.0. The molecule has 2 aliphatic rings. The van der Waals surface area contributed by atoms with Crippen molar-refractivity contribution < 1.29 is 27.7 Å². The van der Waals surface area contributed by atoms with Gasteiger partial charge in [0.25, 0.3) is 27.5 Å². The first-order valence-corrected chi connectivity index (χ1v) is 23.2. The number of carbonyl (C=O) groups is 2. The molecule has 2 amide bonds. The van der Waals surface area contributed by atoms with E-state index in [2.05, 4.69) is 30.5 Å². The Morgan fingerprint density at radius 2 is 1.83 bits per heavy atom. The van der Waals surface area contributed by atoms with Crippen LogP contribution in [0.5, 0.6) is 0 Å². The number of ether oxygens (including phenoxy) is 1. The van der Waals surface area contributed by atoms with Crippen molar-refractivity contribution in [3.63, 3.8) is 0 Å². The largest absolute Gasteiger partial charge is 0.379 e. The molecule has 2 aliphatic heterocycles. The molecule has 1 fully saturated rings. The molecule has 3 aromatic carbocycles. The van der Waals surface area contributed by atoms with Crippen LogP contribution >= 0.6 is 34.4 Å². The van der Waals surface area contributed by atoms with Crippen molar-refractivity contribution >= 4 is 88.1 Å². The number of morpholine rings is 1. The Morgan fingerprint density at radius 3 is 2.63 bits per heavy atom. The Bertz CT molecular complexity index is 2600. The Hall–Kier alpha value is -5.51. The minimum absolute atomic E-state index is 0.132. The highest BCUT2D eigenvalue weighted by molar-refractivity contribution is 7.99. The average Bonchev–Trinajstić information content (AvgIpc) is 3.93. The van der Waals surface area contributed by atoms with E-state index < -0.39 is 31.4 Å². The highest BCUT2D eigenvalue weighted by Crippen LogP contribution is 2.33. The molecule has 0 aliphatic carbocycles. The number of hydrogen-bond acceptors (Lipinski definition) is 16. The maximum absolute atomic E-state index is 13.5. The maximum Gasteiger partial charge on any atom is 0.293 e. The van der Waals surface area contributed by atoms with E-state index in [1.807, 2.05) is 58.2 Å². The van der Waals surface area contributed by atoms with Crippen molar-refractivity contribution in [3.8, 4) is 0 Å². The van der Waals surface area contributed by atoms with Crippen molar-refractivity contribution in [2.24, 2.45) is 0 Å². The van der Waals surface area contributed by atoms with Crippen LogP contribution in [-0.2, 0) is 27.7 Å². The summed E-state index contributed by atoms with van der Waals surface area (Å²) in [5.41, 5.74) is 2.61. The summed E-state index contributed by atoms with van der Waals surface area (Å²) in [5.74, 6) is -0.673. The third-order valence-corrected chi connectivity index (χ3v) is 14.4. The third-order valence-electron chi connectivity index (χ3n) is 10.1. The van der Waals surface area contributed by atoms with Crippen LogP contribution in [0.1, 0.15) is 38.4 Å². The number of rotatable bonds is 15. The van der Waals surface area contributed by atoms with Gasteiger partial charge in [-0.3, -0.25) is 34.9 Å². The predicted octanol–water partition coefficient (Wildman–Crippen LogP) is 6.28. The molecule has 3 aromatic heterocycles. The van der Waals surface area contributed by atoms with Crippen molar-refractivity contribution in [2.75, 3.05) is 60.7 Å². The number of nitro groups is 1. The fourth-order valence-corrected chi connectivity index (χ4v) is 10.6. The van der Waals surface area contributed by atoms with E-state index in [4.69, 9.17) is 4.74 Å². The molecule has 310 valence electrons. The lowest BCUT2D eigenvalue weighted by molar-refractivity contribution is -0.384. The third kappa shape index (κ3) is 9.75. The number of nitrogens with zero attached hydrogens (tertiary/aromatic N) is 6. The van der Waals surface area contributed by atoms with E-state index in [9.17, 15) is 28.1 Å². The van der Waals surface area contributed by atoms with E-state index in [0.29, 0.717) is 66.2 Å². The minimum Gasteiger partial charge on any atom is -0.379 e. The van der Waals surface area contributed by atoms with E-state index in [-0.39, 0.29) is 23.3 Å². The maximum atomic E-state index is 13.5. The van der Waals surface area contributed by atoms with E-state index >= 15 is 0 Å². The second-order valence-corrected chi connectivity index (χ2v) is 18.7. The quantitative estimate of drug-likeness (QED) is 0.0591. The lowest BCUT2D eigenvalue weighted by Crippen LogP contribution is -2.39. The number of amides is 2. The van der Waals surface area contributed by atoms with Crippen molar-refractivity contribution in [3.05, 3.63) is 123 Å². The number of nitrogens with one attached hydrogen (secondary N) is 3. The Balaban J connectivity index is 0.934. The van der Waals surface area contributed by atoms with Gasteiger partial charge in [-0.25, -0.2) is 23.1 Å². The molecule has 16 nitrogen and oxygen atoms in total. The number of anilines is 3. The van der Waals surface area contributed by atoms with Gasteiger partial charge in [0.2, 0.25) is 0 Å². The molecule has 3 N–H and O–H groups in total. The standard InChI is InChI=1S/C40H39N9O7S4/c50-37(45-39-43-33-22-41-14-11-36(33)59-39)30-8-4-5-26-12-16-48(23-31(26)30)40-44-34(25-58-40)38(51)46-60(54,55)29-9-10-32(35(21-29)49(52)53)42-27(13-15-47-17-19-56-20-18-47)24-57-28-6-2-1-3-7-28/h1-11,14,21-22,25,27,42H,12-13,15-20,23-24H2,(H,46,51)(H,43,45,50)/t27-/m1/s1. The topological polar surface area (TPSA) is 202 Å². The predicted molar refractivity (Wildman–Crippen MR) is 233 cm³/mol. The summed E-state index contributed by atoms with van der Waals surface area (Å²) in [6.45, 7) is 4.56. The molecule has 6 aromatic rings.